The second-order valence-corrected chi connectivity index (χ2v) is 5.39. The Kier molecular flexibility index (Phi) is 5.13. The zero-order valence-corrected chi connectivity index (χ0v) is 13.6. The van der Waals surface area contributed by atoms with Crippen molar-refractivity contribution >= 4 is 62.4 Å². The van der Waals surface area contributed by atoms with Gasteiger partial charge in [-0.15, -0.1) is 0 Å². The standard InChI is InChI=1S/C12H8O7S.Na/c13-11(14)7-2-1-6-3-8(12(15)16)5-10(9(6)4-7)20(17,18)19;/h1-5H,(H,13,14)(H,15,16)(H,17,18,19);. The Morgan fingerprint density at radius 3 is 1.95 bits per heavy atom. The Bertz CT molecular complexity index is 842. The van der Waals surface area contributed by atoms with E-state index in [0.717, 1.165) is 12.1 Å². The monoisotopic (exact) mass is 319 g/mol. The molecule has 0 aromatic heterocycles. The van der Waals surface area contributed by atoms with Crippen LogP contribution in [0, 0.1) is 0 Å². The first-order valence-electron chi connectivity index (χ1n) is 5.22. The smallest absolute Gasteiger partial charge is 0.335 e. The van der Waals surface area contributed by atoms with Gasteiger partial charge in [0, 0.05) is 34.9 Å². The molecular weight excluding hydrogens is 311 g/mol. The third-order valence-electron chi connectivity index (χ3n) is 2.69. The molecule has 0 unspecified atom stereocenters. The molecule has 0 aliphatic heterocycles. The first-order chi connectivity index (χ1) is 9.20. The Morgan fingerprint density at radius 2 is 1.48 bits per heavy atom. The minimum atomic E-state index is -4.68. The first-order valence-corrected chi connectivity index (χ1v) is 6.66. The summed E-state index contributed by atoms with van der Waals surface area (Å²) in [6.45, 7) is 0. The van der Waals surface area contributed by atoms with Crippen LogP contribution in [-0.2, 0) is 10.1 Å². The maximum Gasteiger partial charge on any atom is 0.335 e. The van der Waals surface area contributed by atoms with E-state index in [9.17, 15) is 18.0 Å². The second kappa shape index (κ2) is 6.12. The maximum atomic E-state index is 11.3. The van der Waals surface area contributed by atoms with Crippen molar-refractivity contribution in [3.63, 3.8) is 0 Å². The minimum absolute atomic E-state index is 0. The average Bonchev–Trinajstić information content (AvgIpc) is 2.35. The molecule has 3 N–H and O–H groups in total. The molecule has 0 aliphatic rings. The van der Waals surface area contributed by atoms with Crippen LogP contribution in [0.1, 0.15) is 20.7 Å². The molecule has 7 nitrogen and oxygen atoms in total. The molecule has 9 heteroatoms. The molecular formula is C12H8NaO7S. The Hall–Kier alpha value is -1.45. The normalized spacial score (nSPS) is 10.9. The van der Waals surface area contributed by atoms with Crippen molar-refractivity contribution in [3.05, 3.63) is 41.5 Å². The number of fused-ring (bicyclic) bond motifs is 1. The molecule has 21 heavy (non-hydrogen) atoms. The largest absolute Gasteiger partial charge is 0.478 e. The first kappa shape index (κ1) is 17.6. The summed E-state index contributed by atoms with van der Waals surface area (Å²) in [6, 6.07) is 5.53. The van der Waals surface area contributed by atoms with Crippen LogP contribution in [0.5, 0.6) is 0 Å². The van der Waals surface area contributed by atoms with Crippen LogP contribution in [0.3, 0.4) is 0 Å². The van der Waals surface area contributed by atoms with E-state index in [1.54, 1.807) is 0 Å². The summed E-state index contributed by atoms with van der Waals surface area (Å²) in [5.74, 6) is -2.63. The van der Waals surface area contributed by atoms with Crippen molar-refractivity contribution in [2.24, 2.45) is 0 Å². The van der Waals surface area contributed by atoms with Crippen molar-refractivity contribution in [2.45, 2.75) is 4.90 Å². The molecule has 2 aromatic carbocycles. The van der Waals surface area contributed by atoms with Gasteiger partial charge in [-0.1, -0.05) is 6.07 Å². The van der Waals surface area contributed by atoms with Gasteiger partial charge >= 0.3 is 11.9 Å². The molecule has 2 aromatic rings. The number of hydrogen-bond acceptors (Lipinski definition) is 4. The molecule has 0 spiro atoms. The number of carboxylic acid groups (broad SMARTS) is 2. The fraction of sp³-hybridized carbons (Fsp3) is 0. The van der Waals surface area contributed by atoms with Crippen LogP contribution < -0.4 is 0 Å². The molecule has 0 saturated carbocycles. The summed E-state index contributed by atoms with van der Waals surface area (Å²) >= 11 is 0. The van der Waals surface area contributed by atoms with Crippen LogP contribution in [0.4, 0.5) is 0 Å². The number of hydrogen-bond donors (Lipinski definition) is 3. The van der Waals surface area contributed by atoms with Crippen LogP contribution in [0.15, 0.2) is 35.2 Å². The molecule has 0 atom stereocenters. The van der Waals surface area contributed by atoms with Crippen molar-refractivity contribution in [1.82, 2.24) is 0 Å². The van der Waals surface area contributed by atoms with Crippen molar-refractivity contribution in [2.75, 3.05) is 0 Å². The van der Waals surface area contributed by atoms with E-state index in [1.165, 1.54) is 18.2 Å². The topological polar surface area (TPSA) is 129 Å². The SMILES string of the molecule is O=C(O)c1cc(S(=O)(=O)O)c2cc(C(=O)O)ccc2c1.[Na]. The molecule has 0 bridgehead atoms. The molecule has 105 valence electrons. The summed E-state index contributed by atoms with van der Waals surface area (Å²) in [7, 11) is -4.68. The van der Waals surface area contributed by atoms with Gasteiger partial charge in [-0.2, -0.15) is 8.42 Å². The number of carbonyl (C=O) groups is 2. The Labute approximate surface area is 141 Å². The predicted molar refractivity (Wildman–Crippen MR) is 73.4 cm³/mol. The molecule has 0 fully saturated rings. The van der Waals surface area contributed by atoms with Crippen LogP contribution in [-0.4, -0.2) is 64.7 Å². The van der Waals surface area contributed by atoms with Crippen LogP contribution in [0.25, 0.3) is 10.8 Å². The summed E-state index contributed by atoms with van der Waals surface area (Å²) in [6.07, 6.45) is 0. The number of rotatable bonds is 3. The van der Waals surface area contributed by atoms with Crippen molar-refractivity contribution in [1.29, 1.82) is 0 Å². The molecule has 0 saturated heterocycles. The van der Waals surface area contributed by atoms with Gasteiger partial charge in [0.05, 0.1) is 11.1 Å². The maximum absolute atomic E-state index is 11.3. The quantitative estimate of drug-likeness (QED) is 0.570. The molecule has 0 amide bonds. The number of aromatic carboxylic acids is 2. The summed E-state index contributed by atoms with van der Waals surface area (Å²) in [4.78, 5) is 21.2. The summed E-state index contributed by atoms with van der Waals surface area (Å²) in [5.41, 5.74) is -0.501. The number of carboxylic acids is 2. The minimum Gasteiger partial charge on any atom is -0.478 e. The second-order valence-electron chi connectivity index (χ2n) is 4.00. The van der Waals surface area contributed by atoms with Gasteiger partial charge in [0.1, 0.15) is 4.90 Å². The van der Waals surface area contributed by atoms with Crippen molar-refractivity contribution in [3.8, 4) is 0 Å². The zero-order chi connectivity index (χ0) is 15.1. The van der Waals surface area contributed by atoms with Gasteiger partial charge in [0.25, 0.3) is 10.1 Å². The molecule has 2 rings (SSSR count). The average molecular weight is 319 g/mol. The zero-order valence-electron chi connectivity index (χ0n) is 10.8. The predicted octanol–water partition coefficient (Wildman–Crippen LogP) is 1.10. The van der Waals surface area contributed by atoms with Gasteiger partial charge in [0.15, 0.2) is 0 Å². The van der Waals surface area contributed by atoms with Crippen LogP contribution in [0.2, 0.25) is 0 Å². The Balaban J connectivity index is 0.00000220. The van der Waals surface area contributed by atoms with E-state index in [-0.39, 0.29) is 51.5 Å². The fourth-order valence-corrected chi connectivity index (χ4v) is 2.52. The Morgan fingerprint density at radius 1 is 0.905 bits per heavy atom. The summed E-state index contributed by atoms with van der Waals surface area (Å²) < 4.78 is 31.8. The fourth-order valence-electron chi connectivity index (χ4n) is 1.79. The van der Waals surface area contributed by atoms with Gasteiger partial charge in [-0.3, -0.25) is 4.55 Å². The molecule has 1 radical (unpaired) electrons. The van der Waals surface area contributed by atoms with E-state index in [0.29, 0.717) is 0 Å². The van der Waals surface area contributed by atoms with Gasteiger partial charge in [0.2, 0.25) is 0 Å². The van der Waals surface area contributed by atoms with E-state index < -0.39 is 27.0 Å². The van der Waals surface area contributed by atoms with E-state index in [4.69, 9.17) is 14.8 Å². The van der Waals surface area contributed by atoms with Gasteiger partial charge in [-0.05, 0) is 29.7 Å². The number of benzene rings is 2. The third kappa shape index (κ3) is 3.60. The summed E-state index contributed by atoms with van der Waals surface area (Å²) in [5, 5.41) is 17.9. The molecule has 0 heterocycles. The molecule has 0 aliphatic carbocycles. The van der Waals surface area contributed by atoms with Crippen LogP contribution >= 0.6 is 0 Å². The van der Waals surface area contributed by atoms with E-state index >= 15 is 0 Å². The van der Waals surface area contributed by atoms with E-state index in [2.05, 4.69) is 0 Å². The third-order valence-corrected chi connectivity index (χ3v) is 3.58. The van der Waals surface area contributed by atoms with E-state index in [1.807, 2.05) is 0 Å². The van der Waals surface area contributed by atoms with Crippen molar-refractivity contribution < 1.29 is 32.8 Å². The van der Waals surface area contributed by atoms with Gasteiger partial charge < -0.3 is 10.2 Å². The van der Waals surface area contributed by atoms with Gasteiger partial charge in [-0.25, -0.2) is 9.59 Å².